The fraction of sp³-hybridized carbons (Fsp3) is 0.533. The van der Waals surface area contributed by atoms with Crippen molar-refractivity contribution in [3.8, 4) is 10.6 Å². The monoisotopic (exact) mass is 290 g/mol. The number of nitrogens with zero attached hydrogens (tertiary/aromatic N) is 1. The van der Waals surface area contributed by atoms with Gasteiger partial charge in [0.1, 0.15) is 5.01 Å². The van der Waals surface area contributed by atoms with Crippen molar-refractivity contribution in [1.82, 2.24) is 10.3 Å². The summed E-state index contributed by atoms with van der Waals surface area (Å²) >= 11 is 3.67. The third-order valence-corrected chi connectivity index (χ3v) is 5.93. The molecule has 1 unspecified atom stereocenters. The van der Waals surface area contributed by atoms with Gasteiger partial charge in [0.15, 0.2) is 0 Å². The highest BCUT2D eigenvalue weighted by atomic mass is 32.1. The Hall–Kier alpha value is -0.710. The molecule has 4 rings (SSSR count). The van der Waals surface area contributed by atoms with Crippen molar-refractivity contribution in [2.45, 2.75) is 44.1 Å². The molecule has 0 radical (unpaired) electrons. The maximum Gasteiger partial charge on any atom is 0.124 e. The molecule has 0 bridgehead atoms. The van der Waals surface area contributed by atoms with Gasteiger partial charge in [-0.2, -0.15) is 11.3 Å². The van der Waals surface area contributed by atoms with Gasteiger partial charge in [-0.3, -0.25) is 0 Å². The Balaban J connectivity index is 1.58. The van der Waals surface area contributed by atoms with E-state index in [9.17, 15) is 0 Å². The van der Waals surface area contributed by atoms with Crippen molar-refractivity contribution >= 4 is 22.7 Å². The average molecular weight is 290 g/mol. The number of nitrogens with one attached hydrogen (secondary N) is 1. The summed E-state index contributed by atoms with van der Waals surface area (Å²) in [6, 6.07) is 2.99. The Labute approximate surface area is 121 Å². The van der Waals surface area contributed by atoms with E-state index >= 15 is 0 Å². The molecule has 2 aliphatic rings. The molecule has 1 fully saturated rings. The van der Waals surface area contributed by atoms with Gasteiger partial charge in [0, 0.05) is 34.3 Å². The highest BCUT2D eigenvalue weighted by Gasteiger charge is 2.27. The molecule has 4 heteroatoms. The first-order valence-corrected chi connectivity index (χ1v) is 8.91. The first kappa shape index (κ1) is 12.1. The molecule has 2 aromatic rings. The summed E-state index contributed by atoms with van der Waals surface area (Å²) in [7, 11) is 0. The highest BCUT2D eigenvalue weighted by Crippen LogP contribution is 2.38. The number of thiophene rings is 1. The molecule has 2 aliphatic carbocycles. The van der Waals surface area contributed by atoms with Crippen molar-refractivity contribution in [3.05, 3.63) is 27.4 Å². The second-order valence-electron chi connectivity index (χ2n) is 5.61. The van der Waals surface area contributed by atoms with E-state index in [1.54, 1.807) is 11.3 Å². The van der Waals surface area contributed by atoms with Crippen LogP contribution in [-0.2, 0) is 6.42 Å². The van der Waals surface area contributed by atoms with Crippen molar-refractivity contribution in [3.63, 3.8) is 0 Å². The first-order valence-electron chi connectivity index (χ1n) is 7.16. The predicted molar refractivity (Wildman–Crippen MR) is 82.1 cm³/mol. The maximum absolute atomic E-state index is 4.96. The lowest BCUT2D eigenvalue weighted by Gasteiger charge is -2.21. The van der Waals surface area contributed by atoms with Gasteiger partial charge in [-0.1, -0.05) is 0 Å². The zero-order valence-corrected chi connectivity index (χ0v) is 12.5. The van der Waals surface area contributed by atoms with Crippen LogP contribution in [0.1, 0.15) is 42.2 Å². The van der Waals surface area contributed by atoms with E-state index in [1.807, 2.05) is 11.3 Å². The molecule has 2 heterocycles. The van der Waals surface area contributed by atoms with Gasteiger partial charge in [-0.15, -0.1) is 11.3 Å². The van der Waals surface area contributed by atoms with E-state index < -0.39 is 0 Å². The third kappa shape index (κ3) is 2.49. The zero-order chi connectivity index (χ0) is 12.7. The van der Waals surface area contributed by atoms with E-state index in [-0.39, 0.29) is 0 Å². The normalized spacial score (nSPS) is 22.4. The van der Waals surface area contributed by atoms with E-state index in [0.29, 0.717) is 5.92 Å². The molecule has 2 nitrogen and oxygen atoms in total. The summed E-state index contributed by atoms with van der Waals surface area (Å²) in [6.45, 7) is 1.13. The standard InChI is InChI=1S/C15H18N2S2/c1-2-10(8-16-12-4-5-12)14-13(3-1)19-15(17-14)11-6-7-18-9-11/h6-7,9-10,12,16H,1-5,8H2. The van der Waals surface area contributed by atoms with E-state index in [2.05, 4.69) is 22.1 Å². The van der Waals surface area contributed by atoms with Crippen LogP contribution in [0.2, 0.25) is 0 Å². The predicted octanol–water partition coefficient (Wildman–Crippen LogP) is 4.04. The molecule has 19 heavy (non-hydrogen) atoms. The summed E-state index contributed by atoms with van der Waals surface area (Å²) in [4.78, 5) is 6.50. The van der Waals surface area contributed by atoms with E-state index in [0.717, 1.165) is 12.6 Å². The summed E-state index contributed by atoms with van der Waals surface area (Å²) in [5.41, 5.74) is 2.70. The topological polar surface area (TPSA) is 24.9 Å². The average Bonchev–Trinajstić information content (AvgIpc) is 2.94. The van der Waals surface area contributed by atoms with Crippen LogP contribution in [0, 0.1) is 0 Å². The molecule has 1 N–H and O–H groups in total. The van der Waals surface area contributed by atoms with Crippen molar-refractivity contribution in [1.29, 1.82) is 0 Å². The molecule has 0 spiro atoms. The van der Waals surface area contributed by atoms with Gasteiger partial charge in [0.2, 0.25) is 0 Å². The van der Waals surface area contributed by atoms with Crippen LogP contribution in [0.3, 0.4) is 0 Å². The van der Waals surface area contributed by atoms with E-state index in [1.165, 1.54) is 53.2 Å². The summed E-state index contributed by atoms with van der Waals surface area (Å²) in [5.74, 6) is 0.646. The first-order chi connectivity index (χ1) is 9.40. The largest absolute Gasteiger partial charge is 0.313 e. The molecule has 100 valence electrons. The molecule has 0 saturated heterocycles. The second-order valence-corrected chi connectivity index (χ2v) is 7.47. The number of fused-ring (bicyclic) bond motifs is 1. The smallest absolute Gasteiger partial charge is 0.124 e. The summed E-state index contributed by atoms with van der Waals surface area (Å²) in [5, 5.41) is 9.26. The SMILES string of the molecule is c1cc(-c2nc3c(s2)CCCC3CNC2CC2)cs1. The number of thiazole rings is 1. The van der Waals surface area contributed by atoms with Crippen LogP contribution in [0.4, 0.5) is 0 Å². The molecular formula is C15H18N2S2. The highest BCUT2D eigenvalue weighted by molar-refractivity contribution is 7.15. The fourth-order valence-electron chi connectivity index (χ4n) is 2.81. The van der Waals surface area contributed by atoms with Gasteiger partial charge in [-0.05, 0) is 43.6 Å². The van der Waals surface area contributed by atoms with Crippen molar-refractivity contribution in [2.24, 2.45) is 0 Å². The van der Waals surface area contributed by atoms with E-state index in [4.69, 9.17) is 4.98 Å². The minimum Gasteiger partial charge on any atom is -0.313 e. The quantitative estimate of drug-likeness (QED) is 0.919. The number of aromatic nitrogens is 1. The lowest BCUT2D eigenvalue weighted by atomic mass is 9.91. The molecule has 0 aliphatic heterocycles. The van der Waals surface area contributed by atoms with Crippen LogP contribution in [0.15, 0.2) is 16.8 Å². The third-order valence-electron chi connectivity index (χ3n) is 4.07. The Morgan fingerprint density at radius 2 is 2.26 bits per heavy atom. The number of aryl methyl sites for hydroxylation is 1. The lowest BCUT2D eigenvalue weighted by molar-refractivity contribution is 0.500. The molecule has 1 atom stereocenters. The van der Waals surface area contributed by atoms with Gasteiger partial charge in [0.25, 0.3) is 0 Å². The Morgan fingerprint density at radius 1 is 1.32 bits per heavy atom. The van der Waals surface area contributed by atoms with Crippen molar-refractivity contribution in [2.75, 3.05) is 6.54 Å². The molecular weight excluding hydrogens is 272 g/mol. The fourth-order valence-corrected chi connectivity index (χ4v) is 4.71. The van der Waals surface area contributed by atoms with Gasteiger partial charge in [0.05, 0.1) is 5.69 Å². The number of hydrogen-bond acceptors (Lipinski definition) is 4. The Bertz CT molecular complexity index is 555. The van der Waals surface area contributed by atoms with Gasteiger partial charge >= 0.3 is 0 Å². The summed E-state index contributed by atoms with van der Waals surface area (Å²) < 4.78 is 0. The minimum atomic E-state index is 0.646. The molecule has 2 aromatic heterocycles. The summed E-state index contributed by atoms with van der Waals surface area (Å²) in [6.07, 6.45) is 6.61. The number of rotatable bonds is 4. The molecule has 1 saturated carbocycles. The number of hydrogen-bond donors (Lipinski definition) is 1. The van der Waals surface area contributed by atoms with Crippen LogP contribution < -0.4 is 5.32 Å². The van der Waals surface area contributed by atoms with Crippen LogP contribution in [-0.4, -0.2) is 17.6 Å². The van der Waals surface area contributed by atoms with Crippen LogP contribution in [0.25, 0.3) is 10.6 Å². The molecule has 0 aromatic carbocycles. The molecule has 0 amide bonds. The second kappa shape index (κ2) is 5.00. The van der Waals surface area contributed by atoms with Crippen molar-refractivity contribution < 1.29 is 0 Å². The Kier molecular flexibility index (Phi) is 3.17. The van der Waals surface area contributed by atoms with Crippen LogP contribution >= 0.6 is 22.7 Å². The Morgan fingerprint density at radius 3 is 3.05 bits per heavy atom. The van der Waals surface area contributed by atoms with Gasteiger partial charge in [-0.25, -0.2) is 4.98 Å². The van der Waals surface area contributed by atoms with Crippen LogP contribution in [0.5, 0.6) is 0 Å². The van der Waals surface area contributed by atoms with Gasteiger partial charge < -0.3 is 5.32 Å². The lowest BCUT2D eigenvalue weighted by Crippen LogP contribution is -2.25. The zero-order valence-electron chi connectivity index (χ0n) is 10.9. The minimum absolute atomic E-state index is 0.646. The maximum atomic E-state index is 4.96.